The van der Waals surface area contributed by atoms with Gasteiger partial charge in [-0.15, -0.1) is 23.5 Å². The fourth-order valence-electron chi connectivity index (χ4n) is 6.21. The van der Waals surface area contributed by atoms with Gasteiger partial charge >= 0.3 is 30.1 Å². The van der Waals surface area contributed by atoms with Gasteiger partial charge in [0.05, 0.1) is 12.5 Å². The summed E-state index contributed by atoms with van der Waals surface area (Å²) < 4.78 is 30.8. The molecule has 2 aromatic rings. The fourth-order valence-corrected chi connectivity index (χ4v) is 8.86. The van der Waals surface area contributed by atoms with Gasteiger partial charge in [0.1, 0.15) is 55.6 Å². The molecular formula is C36H38N8O18S2. The Hall–Kier alpha value is -7.49. The Balaban J connectivity index is 1.65. The van der Waals surface area contributed by atoms with Crippen molar-refractivity contribution >= 4 is 88.7 Å². The van der Waals surface area contributed by atoms with Gasteiger partial charge in [-0.25, -0.2) is 19.2 Å². The Morgan fingerprint density at radius 1 is 0.859 bits per heavy atom. The number of carboxylic acids is 1. The van der Waals surface area contributed by atoms with Crippen LogP contribution in [0.4, 0.5) is 9.59 Å². The van der Waals surface area contributed by atoms with Crippen LogP contribution in [0, 0.1) is 0 Å². The van der Waals surface area contributed by atoms with Crippen LogP contribution >= 0.6 is 23.5 Å². The molecule has 3 aliphatic rings. The summed E-state index contributed by atoms with van der Waals surface area (Å²) in [5.41, 5.74) is 7.86. The number of thioether (sulfide) groups is 2. The third-order valence-electron chi connectivity index (χ3n) is 8.73. The number of carboxylic acid groups (broad SMARTS) is 1. The SMILES string of the molecule is CO/N=C(\C(=O)N[C@H](C(=O)O)[C@H]1SCC(COC(N)=O)=C(C(=O)OC(C)OC(C)=O)N1C(=O)C1=C(COC(N)=O)CS[C@@H]2[C@H](NC(=O)/C(=N\OC)c3ccco3)C(=O)N12)c1ccco1. The van der Waals surface area contributed by atoms with Gasteiger partial charge in [0.25, 0.3) is 23.6 Å². The van der Waals surface area contributed by atoms with Gasteiger partial charge in [-0.2, -0.15) is 0 Å². The highest BCUT2D eigenvalue weighted by Crippen LogP contribution is 2.43. The van der Waals surface area contributed by atoms with Crippen molar-refractivity contribution < 1.29 is 85.7 Å². The second-order valence-electron chi connectivity index (χ2n) is 12.9. The number of amides is 6. The Bertz CT molecular complexity index is 2310. The molecule has 0 aliphatic carbocycles. The lowest BCUT2D eigenvalue weighted by Gasteiger charge is -2.51. The average Bonchev–Trinajstić information content (AvgIpc) is 3.98. The summed E-state index contributed by atoms with van der Waals surface area (Å²) in [4.78, 5) is 131. The van der Waals surface area contributed by atoms with Crippen LogP contribution in [0.3, 0.4) is 0 Å². The number of aliphatic carboxylic acids is 1. The highest BCUT2D eigenvalue weighted by molar-refractivity contribution is 8.00. The first-order chi connectivity index (χ1) is 30.5. The van der Waals surface area contributed by atoms with Crippen LogP contribution in [-0.4, -0.2) is 148 Å². The second kappa shape index (κ2) is 21.1. The first kappa shape index (κ1) is 47.6. The highest BCUT2D eigenvalue weighted by Gasteiger charge is 2.57. The normalized spacial score (nSPS) is 19.6. The van der Waals surface area contributed by atoms with E-state index in [0.717, 1.165) is 37.6 Å². The maximum absolute atomic E-state index is 15.5. The number of rotatable bonds is 18. The van der Waals surface area contributed by atoms with E-state index in [9.17, 15) is 43.5 Å². The summed E-state index contributed by atoms with van der Waals surface area (Å²) in [5.74, 6) is -9.35. The van der Waals surface area contributed by atoms with Gasteiger partial charge in [0.15, 0.2) is 17.6 Å². The molecule has 1 fully saturated rings. The van der Waals surface area contributed by atoms with E-state index in [-0.39, 0.29) is 34.1 Å². The molecule has 0 saturated carbocycles. The lowest BCUT2D eigenvalue weighted by molar-refractivity contribution is -0.182. The van der Waals surface area contributed by atoms with Gasteiger partial charge < -0.3 is 64.7 Å². The van der Waals surface area contributed by atoms with Crippen LogP contribution < -0.4 is 22.1 Å². The number of primary amides is 2. The van der Waals surface area contributed by atoms with Crippen molar-refractivity contribution in [3.05, 3.63) is 70.9 Å². The van der Waals surface area contributed by atoms with Crippen molar-refractivity contribution in [1.29, 1.82) is 0 Å². The number of nitrogens with one attached hydrogen (secondary N) is 2. The standard InChI is InChI=1S/C36H38N8O18S2/c1-15(45)61-16(2)62-34(52)26-18(12-60-36(38)54)14-64-32(24(33(50)51)40-28(47)22(42-56-4)20-8-6-10-58-20)44(26)30(49)25-17(11-59-35(37)53)13-63-31-23(29(48)43(25)31)39-27(46)21(41-55-3)19-7-5-9-57-19/h5-10,16,23-24,31-32H,11-14H2,1-4H3,(H2,37,53)(H2,38,54)(H,39,46)(H,40,47)(H,50,51)/b41-21-,42-22-/t16?,23-,24+,31-,32-/m1/s1. The number of esters is 2. The van der Waals surface area contributed by atoms with Gasteiger partial charge in [0.2, 0.25) is 17.7 Å². The molecule has 342 valence electrons. The number of furan rings is 2. The van der Waals surface area contributed by atoms with Crippen LogP contribution in [0.5, 0.6) is 0 Å². The molecule has 1 unspecified atom stereocenters. The minimum absolute atomic E-state index is 0.0234. The molecule has 2 aromatic heterocycles. The van der Waals surface area contributed by atoms with Crippen LogP contribution in [0.1, 0.15) is 25.4 Å². The molecule has 7 N–H and O–H groups in total. The first-order valence-corrected chi connectivity index (χ1v) is 20.3. The zero-order chi connectivity index (χ0) is 46.8. The Kier molecular flexibility index (Phi) is 15.6. The molecule has 0 spiro atoms. The second-order valence-corrected chi connectivity index (χ2v) is 15.1. The van der Waals surface area contributed by atoms with Crippen molar-refractivity contribution in [2.75, 3.05) is 38.9 Å². The zero-order valence-corrected chi connectivity index (χ0v) is 35.5. The molecular weight excluding hydrogens is 897 g/mol. The average molecular weight is 935 g/mol. The topological polar surface area (TPSA) is 363 Å². The third kappa shape index (κ3) is 10.7. The Labute approximate surface area is 368 Å². The molecule has 5 atom stereocenters. The number of carbonyl (C=O) groups excluding carboxylic acids is 8. The Morgan fingerprint density at radius 3 is 1.91 bits per heavy atom. The molecule has 0 aromatic carbocycles. The zero-order valence-electron chi connectivity index (χ0n) is 33.8. The number of β-lactam (4-membered cyclic amide) rings is 1. The van der Waals surface area contributed by atoms with E-state index in [1.54, 1.807) is 0 Å². The number of fused-ring (bicyclic) bond motifs is 1. The summed E-state index contributed by atoms with van der Waals surface area (Å²) >= 11 is 1.63. The quantitative estimate of drug-likeness (QED) is 0.0308. The minimum atomic E-state index is -2.18. The summed E-state index contributed by atoms with van der Waals surface area (Å²) in [7, 11) is 2.26. The molecule has 0 bridgehead atoms. The first-order valence-electron chi connectivity index (χ1n) is 18.2. The van der Waals surface area contributed by atoms with E-state index in [1.807, 2.05) is 0 Å². The van der Waals surface area contributed by atoms with Gasteiger partial charge in [0, 0.05) is 36.5 Å². The monoisotopic (exact) mass is 934 g/mol. The molecule has 28 heteroatoms. The van der Waals surface area contributed by atoms with E-state index in [1.165, 1.54) is 43.9 Å². The third-order valence-corrected chi connectivity index (χ3v) is 11.4. The number of nitrogens with two attached hydrogens (primary N) is 2. The van der Waals surface area contributed by atoms with Crippen molar-refractivity contribution in [3.63, 3.8) is 0 Å². The van der Waals surface area contributed by atoms with Crippen molar-refractivity contribution in [1.82, 2.24) is 20.4 Å². The molecule has 0 radical (unpaired) electrons. The summed E-state index contributed by atoms with van der Waals surface area (Å²) in [6, 6.07) is 2.04. The number of oxime groups is 2. The molecule has 6 amide bonds. The minimum Gasteiger partial charge on any atom is -0.480 e. The maximum Gasteiger partial charge on any atom is 0.404 e. The predicted octanol–water partition coefficient (Wildman–Crippen LogP) is -0.704. The van der Waals surface area contributed by atoms with Crippen molar-refractivity contribution in [2.45, 2.75) is 43.0 Å². The molecule has 1 saturated heterocycles. The van der Waals surface area contributed by atoms with Crippen LogP contribution in [-0.2, 0) is 62.2 Å². The maximum atomic E-state index is 15.5. The van der Waals surface area contributed by atoms with E-state index in [0.29, 0.717) is 16.7 Å². The van der Waals surface area contributed by atoms with E-state index >= 15 is 4.79 Å². The largest absolute Gasteiger partial charge is 0.480 e. The van der Waals surface area contributed by atoms with Crippen molar-refractivity contribution in [3.8, 4) is 0 Å². The van der Waals surface area contributed by atoms with Crippen molar-refractivity contribution in [2.24, 2.45) is 21.8 Å². The van der Waals surface area contributed by atoms with E-state index in [2.05, 4.69) is 20.9 Å². The number of carbonyl (C=O) groups is 9. The van der Waals surface area contributed by atoms with Gasteiger partial charge in [-0.1, -0.05) is 10.3 Å². The van der Waals surface area contributed by atoms with Crippen LogP contribution in [0.25, 0.3) is 0 Å². The van der Waals surface area contributed by atoms with Crippen LogP contribution in [0.2, 0.25) is 0 Å². The summed E-state index contributed by atoms with van der Waals surface area (Å²) in [6.07, 6.45) is -1.81. The Morgan fingerprint density at radius 2 is 1.41 bits per heavy atom. The highest BCUT2D eigenvalue weighted by atomic mass is 32.2. The van der Waals surface area contributed by atoms with Gasteiger partial charge in [-0.3, -0.25) is 33.8 Å². The van der Waals surface area contributed by atoms with Crippen LogP contribution in [0.15, 0.2) is 78.5 Å². The van der Waals surface area contributed by atoms with Gasteiger partial charge in [-0.05, 0) is 24.3 Å². The molecule has 5 heterocycles. The number of hydrogen-bond acceptors (Lipinski definition) is 21. The number of ether oxygens (including phenoxy) is 4. The molecule has 5 rings (SSSR count). The van der Waals surface area contributed by atoms with E-state index < -0.39 is 119 Å². The number of hydrogen-bond donors (Lipinski definition) is 5. The lowest BCUT2D eigenvalue weighted by Crippen LogP contribution is -2.72. The van der Waals surface area contributed by atoms with E-state index in [4.69, 9.17) is 48.9 Å². The molecule has 64 heavy (non-hydrogen) atoms. The molecule has 26 nitrogen and oxygen atoms in total. The fraction of sp³-hybridized carbons (Fsp3) is 0.361. The lowest BCUT2D eigenvalue weighted by atomic mass is 10.0. The summed E-state index contributed by atoms with van der Waals surface area (Å²) in [6.45, 7) is 0.615. The molecule has 3 aliphatic heterocycles. The smallest absolute Gasteiger partial charge is 0.404 e. The predicted molar refractivity (Wildman–Crippen MR) is 215 cm³/mol. The summed E-state index contributed by atoms with van der Waals surface area (Å²) in [5, 5.41) is 19.8. The number of nitrogens with zero attached hydrogens (tertiary/aromatic N) is 4.